The molecule has 1 aliphatic carbocycles. The van der Waals surface area contributed by atoms with E-state index < -0.39 is 4.92 Å². The summed E-state index contributed by atoms with van der Waals surface area (Å²) in [7, 11) is 0. The van der Waals surface area contributed by atoms with Crippen LogP contribution in [0.1, 0.15) is 25.8 Å². The van der Waals surface area contributed by atoms with Crippen LogP contribution in [-0.4, -0.2) is 11.0 Å². The van der Waals surface area contributed by atoms with E-state index in [1.165, 1.54) is 12.1 Å². The normalized spacial score (nSPS) is 20.4. The number of nitrogens with zero attached hydrogens (tertiary/aromatic N) is 2. The highest BCUT2D eigenvalue weighted by Crippen LogP contribution is 2.46. The van der Waals surface area contributed by atoms with Crippen LogP contribution < -0.4 is 5.32 Å². The largest absolute Gasteiger partial charge is 0.382 e. The highest BCUT2D eigenvalue weighted by Gasteiger charge is 2.45. The minimum Gasteiger partial charge on any atom is -0.382 e. The van der Waals surface area contributed by atoms with Gasteiger partial charge in [-0.05, 0) is 24.0 Å². The first-order valence-electron chi connectivity index (χ1n) is 5.39. The molecule has 17 heavy (non-hydrogen) atoms. The molecular formula is C12H13N3O2. The van der Waals surface area contributed by atoms with E-state index in [1.54, 1.807) is 6.07 Å². The Labute approximate surface area is 99.2 Å². The fraction of sp³-hybridized carbons (Fsp3) is 0.417. The van der Waals surface area contributed by atoms with Crippen LogP contribution in [0.4, 0.5) is 11.4 Å². The Morgan fingerprint density at radius 1 is 1.59 bits per heavy atom. The molecule has 5 nitrogen and oxygen atoms in total. The average Bonchev–Trinajstić information content (AvgIpc) is 2.85. The van der Waals surface area contributed by atoms with Gasteiger partial charge in [-0.1, -0.05) is 13.8 Å². The van der Waals surface area contributed by atoms with Crippen molar-refractivity contribution in [2.45, 2.75) is 26.3 Å². The van der Waals surface area contributed by atoms with Gasteiger partial charge in [0.15, 0.2) is 0 Å². The van der Waals surface area contributed by atoms with Crippen LogP contribution in [0.25, 0.3) is 0 Å². The van der Waals surface area contributed by atoms with E-state index in [4.69, 9.17) is 5.26 Å². The predicted molar refractivity (Wildman–Crippen MR) is 63.6 cm³/mol. The summed E-state index contributed by atoms with van der Waals surface area (Å²) in [5.74, 6) is 0. The molecule has 1 N–H and O–H groups in total. The molecule has 1 fully saturated rings. The van der Waals surface area contributed by atoms with Gasteiger partial charge in [-0.2, -0.15) is 5.26 Å². The molecule has 0 bridgehead atoms. The molecule has 1 saturated carbocycles. The van der Waals surface area contributed by atoms with Gasteiger partial charge >= 0.3 is 0 Å². The van der Waals surface area contributed by atoms with Crippen LogP contribution in [0, 0.1) is 26.9 Å². The lowest BCUT2D eigenvalue weighted by molar-refractivity contribution is -0.385. The summed E-state index contributed by atoms with van der Waals surface area (Å²) < 4.78 is 0. The fourth-order valence-corrected chi connectivity index (χ4v) is 1.78. The highest BCUT2D eigenvalue weighted by molar-refractivity contribution is 5.60. The maximum absolute atomic E-state index is 10.8. The van der Waals surface area contributed by atoms with Gasteiger partial charge < -0.3 is 5.32 Å². The van der Waals surface area contributed by atoms with Gasteiger partial charge in [-0.15, -0.1) is 0 Å². The van der Waals surface area contributed by atoms with E-state index in [-0.39, 0.29) is 16.7 Å². The molecule has 0 aliphatic heterocycles. The average molecular weight is 231 g/mol. The van der Waals surface area contributed by atoms with Gasteiger partial charge in [-0.3, -0.25) is 10.1 Å². The van der Waals surface area contributed by atoms with Gasteiger partial charge in [-0.25, -0.2) is 0 Å². The summed E-state index contributed by atoms with van der Waals surface area (Å²) in [4.78, 5) is 10.3. The quantitative estimate of drug-likeness (QED) is 0.640. The topological polar surface area (TPSA) is 79.0 Å². The van der Waals surface area contributed by atoms with E-state index in [0.29, 0.717) is 11.7 Å². The van der Waals surface area contributed by atoms with Crippen molar-refractivity contribution in [3.05, 3.63) is 33.9 Å². The summed E-state index contributed by atoms with van der Waals surface area (Å²) in [6.07, 6.45) is 1.06. The van der Waals surface area contributed by atoms with Crippen molar-refractivity contribution in [1.82, 2.24) is 0 Å². The standard InChI is InChI=1S/C12H13N3O2/c1-12(2)6-11(12)14-9-4-3-8(7-13)10(5-9)15(16)17/h3-5,11,14H,6H2,1-2H3. The second-order valence-corrected chi connectivity index (χ2v) is 4.99. The van der Waals surface area contributed by atoms with Crippen molar-refractivity contribution in [3.63, 3.8) is 0 Å². The lowest BCUT2D eigenvalue weighted by atomic mass is 10.1. The molecule has 0 amide bonds. The number of anilines is 1. The summed E-state index contributed by atoms with van der Waals surface area (Å²) >= 11 is 0. The lowest BCUT2D eigenvalue weighted by Crippen LogP contribution is -2.08. The van der Waals surface area contributed by atoms with Crippen LogP contribution in [0.5, 0.6) is 0 Å². The van der Waals surface area contributed by atoms with Crippen molar-refractivity contribution in [2.75, 3.05) is 5.32 Å². The number of nitrogens with one attached hydrogen (secondary N) is 1. The summed E-state index contributed by atoms with van der Waals surface area (Å²) in [6, 6.07) is 6.79. The number of rotatable bonds is 3. The molecule has 0 aromatic heterocycles. The molecule has 2 rings (SSSR count). The van der Waals surface area contributed by atoms with Crippen molar-refractivity contribution < 1.29 is 4.92 Å². The van der Waals surface area contributed by atoms with Crippen LogP contribution in [0.15, 0.2) is 18.2 Å². The zero-order valence-corrected chi connectivity index (χ0v) is 9.73. The van der Waals surface area contributed by atoms with Crippen LogP contribution in [0.3, 0.4) is 0 Å². The van der Waals surface area contributed by atoms with Crippen LogP contribution in [-0.2, 0) is 0 Å². The third-order valence-electron chi connectivity index (χ3n) is 3.17. The first-order valence-corrected chi connectivity index (χ1v) is 5.39. The molecule has 5 heteroatoms. The van der Waals surface area contributed by atoms with Crippen molar-refractivity contribution in [2.24, 2.45) is 5.41 Å². The number of hydrogen-bond donors (Lipinski definition) is 1. The van der Waals surface area contributed by atoms with E-state index in [2.05, 4.69) is 19.2 Å². The van der Waals surface area contributed by atoms with E-state index in [9.17, 15) is 10.1 Å². The number of hydrogen-bond acceptors (Lipinski definition) is 4. The number of nitriles is 1. The molecule has 0 spiro atoms. The van der Waals surface area contributed by atoms with Crippen LogP contribution >= 0.6 is 0 Å². The minimum absolute atomic E-state index is 0.0932. The molecule has 0 heterocycles. The maximum atomic E-state index is 10.8. The Morgan fingerprint density at radius 2 is 2.24 bits per heavy atom. The van der Waals surface area contributed by atoms with E-state index >= 15 is 0 Å². The van der Waals surface area contributed by atoms with Gasteiger partial charge in [0.1, 0.15) is 11.6 Å². The van der Waals surface area contributed by atoms with Gasteiger partial charge in [0.05, 0.1) is 4.92 Å². The van der Waals surface area contributed by atoms with Gasteiger partial charge in [0, 0.05) is 17.8 Å². The highest BCUT2D eigenvalue weighted by atomic mass is 16.6. The lowest BCUT2D eigenvalue weighted by Gasteiger charge is -2.08. The number of benzene rings is 1. The summed E-state index contributed by atoms with van der Waals surface area (Å²) in [5.41, 5.74) is 0.903. The molecule has 1 aromatic rings. The van der Waals surface area contributed by atoms with E-state index in [1.807, 2.05) is 6.07 Å². The monoisotopic (exact) mass is 231 g/mol. The smallest absolute Gasteiger partial charge is 0.289 e. The Balaban J connectivity index is 2.23. The van der Waals surface area contributed by atoms with E-state index in [0.717, 1.165) is 6.42 Å². The number of nitro benzene ring substituents is 1. The third kappa shape index (κ3) is 2.21. The Bertz CT molecular complexity index is 517. The van der Waals surface area contributed by atoms with Crippen molar-refractivity contribution in [3.8, 4) is 6.07 Å². The Hall–Kier alpha value is -2.09. The molecule has 1 unspecified atom stereocenters. The molecule has 88 valence electrons. The minimum atomic E-state index is -0.526. The molecule has 1 atom stereocenters. The molecule has 0 saturated heterocycles. The Kier molecular flexibility index (Phi) is 2.50. The predicted octanol–water partition coefficient (Wildman–Crippen LogP) is 2.68. The van der Waals surface area contributed by atoms with Crippen molar-refractivity contribution in [1.29, 1.82) is 5.26 Å². The first-order chi connectivity index (χ1) is 7.94. The second-order valence-electron chi connectivity index (χ2n) is 4.99. The van der Waals surface area contributed by atoms with Gasteiger partial charge in [0.25, 0.3) is 5.69 Å². The zero-order chi connectivity index (χ0) is 12.6. The summed E-state index contributed by atoms with van der Waals surface area (Å²) in [6.45, 7) is 4.28. The molecular weight excluding hydrogens is 218 g/mol. The Morgan fingerprint density at radius 3 is 2.71 bits per heavy atom. The molecule has 0 radical (unpaired) electrons. The molecule has 1 aliphatic rings. The van der Waals surface area contributed by atoms with Gasteiger partial charge in [0.2, 0.25) is 0 Å². The number of nitro groups is 1. The second kappa shape index (κ2) is 3.74. The SMILES string of the molecule is CC1(C)CC1Nc1ccc(C#N)c([N+](=O)[O-])c1. The maximum Gasteiger partial charge on any atom is 0.289 e. The summed E-state index contributed by atoms with van der Waals surface area (Å²) in [5, 5.41) is 22.8. The third-order valence-corrected chi connectivity index (χ3v) is 3.17. The fourth-order valence-electron chi connectivity index (χ4n) is 1.78. The zero-order valence-electron chi connectivity index (χ0n) is 9.73. The first kappa shape index (κ1) is 11.4. The van der Waals surface area contributed by atoms with Crippen LogP contribution in [0.2, 0.25) is 0 Å². The van der Waals surface area contributed by atoms with Crippen molar-refractivity contribution >= 4 is 11.4 Å². The molecule has 1 aromatic carbocycles.